The molecule has 1 aromatic carbocycles. The van der Waals surface area contributed by atoms with E-state index in [0.29, 0.717) is 5.25 Å². The number of nitrogens with one attached hydrogen (secondary N) is 1. The molecule has 94 valence electrons. The number of benzene rings is 1. The number of nitrogens with zero attached hydrogens (tertiary/aromatic N) is 1. The normalized spacial score (nSPS) is 21.3. The Kier molecular flexibility index (Phi) is 3.50. The molecule has 1 fully saturated rings. The van der Waals surface area contributed by atoms with Gasteiger partial charge in [0.05, 0.1) is 6.04 Å². The Morgan fingerprint density at radius 2 is 2.33 bits per heavy atom. The summed E-state index contributed by atoms with van der Waals surface area (Å²) in [6, 6.07) is 8.64. The molecule has 1 saturated heterocycles. The average Bonchev–Trinajstić information content (AvgIpc) is 2.94. The highest BCUT2D eigenvalue weighted by Gasteiger charge is 2.27. The number of fused-ring (bicyclic) bond motifs is 1. The number of hydrogen-bond acceptors (Lipinski definition) is 4. The van der Waals surface area contributed by atoms with Crippen LogP contribution in [0.2, 0.25) is 0 Å². The predicted octanol–water partition coefficient (Wildman–Crippen LogP) is 2.63. The van der Waals surface area contributed by atoms with Crippen LogP contribution < -0.4 is 11.3 Å². The summed E-state index contributed by atoms with van der Waals surface area (Å²) in [4.78, 5) is 4.24. The molecule has 0 spiro atoms. The van der Waals surface area contributed by atoms with Crippen LogP contribution in [0, 0.1) is 0 Å². The molecule has 1 aromatic heterocycles. The highest BCUT2D eigenvalue weighted by molar-refractivity contribution is 8.00. The Balaban J connectivity index is 2.06. The van der Waals surface area contributed by atoms with Crippen LogP contribution in [0.25, 0.3) is 10.8 Å². The summed E-state index contributed by atoms with van der Waals surface area (Å²) < 4.78 is 0. The van der Waals surface area contributed by atoms with Gasteiger partial charge in [-0.25, -0.2) is 0 Å². The van der Waals surface area contributed by atoms with Gasteiger partial charge in [0.1, 0.15) is 0 Å². The van der Waals surface area contributed by atoms with Crippen molar-refractivity contribution in [3.8, 4) is 0 Å². The van der Waals surface area contributed by atoms with Gasteiger partial charge in [0.2, 0.25) is 0 Å². The van der Waals surface area contributed by atoms with Crippen molar-refractivity contribution in [2.45, 2.75) is 24.1 Å². The van der Waals surface area contributed by atoms with E-state index in [-0.39, 0.29) is 6.04 Å². The summed E-state index contributed by atoms with van der Waals surface area (Å²) in [6.07, 6.45) is 6.29. The lowest BCUT2D eigenvalue weighted by Gasteiger charge is -2.23. The van der Waals surface area contributed by atoms with Crippen molar-refractivity contribution in [2.75, 3.05) is 5.75 Å². The third kappa shape index (κ3) is 2.11. The second kappa shape index (κ2) is 5.26. The molecule has 0 radical (unpaired) electrons. The van der Waals surface area contributed by atoms with Crippen LogP contribution in [-0.4, -0.2) is 16.0 Å². The molecular formula is C14H17N3S. The summed E-state index contributed by atoms with van der Waals surface area (Å²) in [7, 11) is 0. The monoisotopic (exact) mass is 259 g/mol. The van der Waals surface area contributed by atoms with Crippen LogP contribution in [0.5, 0.6) is 0 Å². The zero-order valence-corrected chi connectivity index (χ0v) is 11.0. The number of aromatic nitrogens is 1. The third-order valence-corrected chi connectivity index (χ3v) is 5.03. The summed E-state index contributed by atoms with van der Waals surface area (Å²) in [5.41, 5.74) is 4.27. The number of hydrazine groups is 1. The first-order chi connectivity index (χ1) is 8.90. The first kappa shape index (κ1) is 12.0. The molecule has 1 aliphatic heterocycles. The van der Waals surface area contributed by atoms with E-state index in [0.717, 1.165) is 0 Å². The van der Waals surface area contributed by atoms with E-state index in [9.17, 15) is 0 Å². The number of nitrogens with two attached hydrogens (primary N) is 1. The van der Waals surface area contributed by atoms with Gasteiger partial charge in [0, 0.05) is 23.0 Å². The zero-order valence-electron chi connectivity index (χ0n) is 10.2. The molecule has 0 aliphatic carbocycles. The Hall–Kier alpha value is -1.10. The van der Waals surface area contributed by atoms with Crippen molar-refractivity contribution in [1.29, 1.82) is 0 Å². The lowest BCUT2D eigenvalue weighted by Crippen LogP contribution is -2.34. The van der Waals surface area contributed by atoms with Gasteiger partial charge < -0.3 is 0 Å². The molecule has 4 heteroatoms. The quantitative estimate of drug-likeness (QED) is 0.657. The Morgan fingerprint density at radius 1 is 1.39 bits per heavy atom. The van der Waals surface area contributed by atoms with Crippen LogP contribution in [0.15, 0.2) is 36.7 Å². The minimum Gasteiger partial charge on any atom is -0.271 e. The van der Waals surface area contributed by atoms with Gasteiger partial charge in [-0.15, -0.1) is 0 Å². The highest BCUT2D eigenvalue weighted by Crippen LogP contribution is 2.37. The maximum atomic E-state index is 5.79. The molecule has 2 aromatic rings. The minimum absolute atomic E-state index is 0.213. The maximum absolute atomic E-state index is 5.79. The molecule has 0 saturated carbocycles. The standard InChI is InChI=1S/C14H17N3S/c15-17-14(13-5-2-8-18-13)11-4-1-3-10-6-7-16-9-12(10)11/h1,3-4,6-7,9,13-14,17H,2,5,8,15H2. The van der Waals surface area contributed by atoms with Crippen molar-refractivity contribution in [2.24, 2.45) is 5.84 Å². The zero-order chi connectivity index (χ0) is 12.4. The summed E-state index contributed by atoms with van der Waals surface area (Å²) in [6.45, 7) is 0. The number of rotatable bonds is 3. The van der Waals surface area contributed by atoms with Crippen LogP contribution in [0.3, 0.4) is 0 Å². The van der Waals surface area contributed by atoms with E-state index in [1.165, 1.54) is 34.9 Å². The van der Waals surface area contributed by atoms with E-state index in [2.05, 4.69) is 28.6 Å². The van der Waals surface area contributed by atoms with E-state index in [1.807, 2.05) is 30.2 Å². The molecule has 0 amide bonds. The van der Waals surface area contributed by atoms with Gasteiger partial charge >= 0.3 is 0 Å². The van der Waals surface area contributed by atoms with Gasteiger partial charge in [-0.05, 0) is 35.6 Å². The van der Waals surface area contributed by atoms with Crippen LogP contribution in [0.1, 0.15) is 24.4 Å². The van der Waals surface area contributed by atoms with Crippen LogP contribution in [-0.2, 0) is 0 Å². The second-order valence-electron chi connectivity index (χ2n) is 4.64. The van der Waals surface area contributed by atoms with Gasteiger partial charge in [-0.1, -0.05) is 18.2 Å². The maximum Gasteiger partial charge on any atom is 0.0585 e. The number of pyridine rings is 1. The largest absolute Gasteiger partial charge is 0.271 e. The first-order valence-electron chi connectivity index (χ1n) is 6.30. The summed E-state index contributed by atoms with van der Waals surface area (Å²) in [5, 5.41) is 3.00. The Labute approximate surface area is 111 Å². The van der Waals surface area contributed by atoms with Gasteiger partial charge in [0.25, 0.3) is 0 Å². The number of hydrogen-bond donors (Lipinski definition) is 2. The Bertz CT molecular complexity index is 532. The fraction of sp³-hybridized carbons (Fsp3) is 0.357. The Morgan fingerprint density at radius 3 is 3.11 bits per heavy atom. The van der Waals surface area contributed by atoms with Gasteiger partial charge in [-0.2, -0.15) is 11.8 Å². The van der Waals surface area contributed by atoms with Crippen molar-refractivity contribution in [3.05, 3.63) is 42.2 Å². The topological polar surface area (TPSA) is 50.9 Å². The fourth-order valence-corrected chi connectivity index (χ4v) is 4.06. The molecular weight excluding hydrogens is 242 g/mol. The van der Waals surface area contributed by atoms with Crippen LogP contribution >= 0.6 is 11.8 Å². The van der Waals surface area contributed by atoms with Gasteiger partial charge in [0.15, 0.2) is 0 Å². The molecule has 2 atom stereocenters. The minimum atomic E-state index is 0.213. The van der Waals surface area contributed by atoms with E-state index in [1.54, 1.807) is 0 Å². The molecule has 2 heterocycles. The fourth-order valence-electron chi connectivity index (χ4n) is 2.67. The number of thioether (sulfide) groups is 1. The van der Waals surface area contributed by atoms with Crippen molar-refractivity contribution in [3.63, 3.8) is 0 Å². The first-order valence-corrected chi connectivity index (χ1v) is 7.35. The van der Waals surface area contributed by atoms with E-state index < -0.39 is 0 Å². The lowest BCUT2D eigenvalue weighted by atomic mass is 9.96. The summed E-state index contributed by atoms with van der Waals surface area (Å²) in [5.74, 6) is 7.03. The molecule has 3 rings (SSSR count). The van der Waals surface area contributed by atoms with Crippen molar-refractivity contribution >= 4 is 22.5 Å². The van der Waals surface area contributed by atoms with Crippen molar-refractivity contribution < 1.29 is 0 Å². The molecule has 3 nitrogen and oxygen atoms in total. The van der Waals surface area contributed by atoms with Crippen molar-refractivity contribution in [1.82, 2.24) is 10.4 Å². The van der Waals surface area contributed by atoms with Gasteiger partial charge in [-0.3, -0.25) is 16.3 Å². The van der Waals surface area contributed by atoms with Crippen LogP contribution in [0.4, 0.5) is 0 Å². The van der Waals surface area contributed by atoms with E-state index >= 15 is 0 Å². The van der Waals surface area contributed by atoms with E-state index in [4.69, 9.17) is 5.84 Å². The highest BCUT2D eigenvalue weighted by atomic mass is 32.2. The third-order valence-electron chi connectivity index (χ3n) is 3.57. The smallest absolute Gasteiger partial charge is 0.0585 e. The molecule has 3 N–H and O–H groups in total. The predicted molar refractivity (Wildman–Crippen MR) is 77.3 cm³/mol. The average molecular weight is 259 g/mol. The molecule has 1 aliphatic rings. The summed E-state index contributed by atoms with van der Waals surface area (Å²) >= 11 is 2.02. The molecule has 2 unspecified atom stereocenters. The SMILES string of the molecule is NNC(c1cccc2ccncc12)C1CCCS1. The molecule has 18 heavy (non-hydrogen) atoms. The molecule has 0 bridgehead atoms. The second-order valence-corrected chi connectivity index (χ2v) is 5.99. The lowest BCUT2D eigenvalue weighted by molar-refractivity contribution is 0.523.